The Balaban J connectivity index is 0.000000320. The molecule has 7 heteroatoms. The molecule has 256 valence electrons. The molecule has 4 aromatic rings. The van der Waals surface area contributed by atoms with Gasteiger partial charge < -0.3 is 20.4 Å². The van der Waals surface area contributed by atoms with Crippen LogP contribution in [0.25, 0.3) is 21.5 Å². The van der Waals surface area contributed by atoms with E-state index in [2.05, 4.69) is 23.8 Å². The van der Waals surface area contributed by atoms with E-state index in [0.717, 1.165) is 47.5 Å². The van der Waals surface area contributed by atoms with E-state index < -0.39 is 0 Å². The van der Waals surface area contributed by atoms with Crippen LogP contribution in [0, 0.1) is 0 Å². The first-order valence-corrected chi connectivity index (χ1v) is 17.3. The number of unbranched alkanes of at least 4 members (excludes halogenated alkanes) is 12. The summed E-state index contributed by atoms with van der Waals surface area (Å²) in [4.78, 5) is 8.84. The van der Waals surface area contributed by atoms with Gasteiger partial charge in [0.2, 0.25) is 0 Å². The minimum atomic E-state index is -0.0218. The first kappa shape index (κ1) is 39.6. The molecule has 0 saturated heterocycles. The summed E-state index contributed by atoms with van der Waals surface area (Å²) in [5.74, 6) is 0.377. The molecule has 0 radical (unpaired) electrons. The second-order valence-corrected chi connectivity index (χ2v) is 12.1. The minimum absolute atomic E-state index is 0. The Morgan fingerprint density at radius 2 is 0.872 bits per heavy atom. The quantitative estimate of drug-likeness (QED) is 0.0618. The van der Waals surface area contributed by atoms with Crippen LogP contribution in [0.4, 0.5) is 0 Å². The molecule has 0 aliphatic rings. The van der Waals surface area contributed by atoms with Crippen molar-refractivity contribution >= 4 is 34.0 Å². The van der Waals surface area contributed by atoms with Crippen LogP contribution in [0.1, 0.15) is 115 Å². The third kappa shape index (κ3) is 14.0. The third-order valence-corrected chi connectivity index (χ3v) is 8.23. The molecule has 2 N–H and O–H groups in total. The fourth-order valence-electron chi connectivity index (χ4n) is 5.54. The molecule has 0 atom stereocenters. The van der Waals surface area contributed by atoms with E-state index in [4.69, 9.17) is 0 Å². The van der Waals surface area contributed by atoms with E-state index in [1.807, 2.05) is 0 Å². The number of nitrogens with zero attached hydrogens (tertiary/aromatic N) is 2. The number of benzene rings is 4. The molecule has 6 nitrogen and oxygen atoms in total. The largest absolute Gasteiger partial charge is 2.00 e. The Bertz CT molecular complexity index is 1420. The molecule has 0 saturated carbocycles. The number of rotatable bonds is 18. The average molecular weight is 684 g/mol. The molecule has 0 aromatic heterocycles. The third-order valence-electron chi connectivity index (χ3n) is 8.23. The zero-order valence-electron chi connectivity index (χ0n) is 28.2. The molecular formula is C40H52N2NiO4. The fourth-order valence-corrected chi connectivity index (χ4v) is 5.54. The SMILES string of the molecule is CCCCCCCCCN=Cc1c([O-])ccc2cc(O)ccc12.CCCCCCCCCN=Cc1c([O-])ccc2cc(O)ccc12.[Ni+2]. The van der Waals surface area contributed by atoms with Crippen LogP contribution in [0.2, 0.25) is 0 Å². The van der Waals surface area contributed by atoms with Gasteiger partial charge in [0.05, 0.1) is 0 Å². The average Bonchev–Trinajstić information content (AvgIpc) is 3.05. The maximum absolute atomic E-state index is 12.0. The van der Waals surface area contributed by atoms with Crippen molar-refractivity contribution in [1.82, 2.24) is 0 Å². The van der Waals surface area contributed by atoms with Gasteiger partial charge in [0.15, 0.2) is 0 Å². The van der Waals surface area contributed by atoms with Gasteiger partial charge in [-0.2, -0.15) is 0 Å². The van der Waals surface area contributed by atoms with Crippen molar-refractivity contribution in [2.75, 3.05) is 13.1 Å². The van der Waals surface area contributed by atoms with Gasteiger partial charge in [-0.05, 0) is 69.8 Å². The maximum atomic E-state index is 12.0. The van der Waals surface area contributed by atoms with Crippen LogP contribution < -0.4 is 10.2 Å². The number of aliphatic imine (C=N–C) groups is 2. The summed E-state index contributed by atoms with van der Waals surface area (Å²) >= 11 is 0. The molecule has 0 aliphatic heterocycles. The molecule has 0 heterocycles. The zero-order valence-corrected chi connectivity index (χ0v) is 29.2. The monoisotopic (exact) mass is 682 g/mol. The Labute approximate surface area is 291 Å². The number of hydrogen-bond acceptors (Lipinski definition) is 6. The van der Waals surface area contributed by atoms with Crippen molar-refractivity contribution in [3.8, 4) is 23.0 Å². The van der Waals surface area contributed by atoms with Gasteiger partial charge in [-0.25, -0.2) is 0 Å². The molecule has 4 rings (SSSR count). The van der Waals surface area contributed by atoms with E-state index in [-0.39, 0.29) is 39.5 Å². The molecule has 0 spiro atoms. The second kappa shape index (κ2) is 22.9. The van der Waals surface area contributed by atoms with Crippen molar-refractivity contribution in [1.29, 1.82) is 0 Å². The number of aromatic hydroxyl groups is 2. The van der Waals surface area contributed by atoms with Crippen molar-refractivity contribution in [2.45, 2.75) is 104 Å². The van der Waals surface area contributed by atoms with Crippen LogP contribution in [0.3, 0.4) is 0 Å². The second-order valence-electron chi connectivity index (χ2n) is 12.1. The number of phenolic OH excluding ortho intramolecular Hbond substituents is 2. The van der Waals surface area contributed by atoms with Crippen LogP contribution in [0.15, 0.2) is 70.6 Å². The van der Waals surface area contributed by atoms with Gasteiger partial charge in [-0.3, -0.25) is 9.98 Å². The van der Waals surface area contributed by atoms with E-state index >= 15 is 0 Å². The summed E-state index contributed by atoms with van der Waals surface area (Å²) in [6.45, 7) is 5.99. The van der Waals surface area contributed by atoms with Crippen molar-refractivity contribution in [3.05, 3.63) is 71.8 Å². The Morgan fingerprint density at radius 3 is 1.26 bits per heavy atom. The van der Waals surface area contributed by atoms with Crippen LogP contribution >= 0.6 is 0 Å². The van der Waals surface area contributed by atoms with Gasteiger partial charge in [0.1, 0.15) is 11.5 Å². The molecule has 0 fully saturated rings. The molecule has 0 unspecified atom stereocenters. The standard InChI is InChI=1S/2C20H27NO2.Ni/c2*1-2-3-4-5-6-7-8-13-21-15-19-18-11-10-17(22)14-16(18)9-12-20(19)23;/h2*9-12,14-15,22-23H,2-8,13H2,1H3;/q;;+2/p-2. The molecule has 0 amide bonds. The Kier molecular flexibility index (Phi) is 19.3. The van der Waals surface area contributed by atoms with E-state index in [1.165, 1.54) is 89.2 Å². The van der Waals surface area contributed by atoms with Crippen molar-refractivity contribution in [2.24, 2.45) is 9.98 Å². The fraction of sp³-hybridized carbons (Fsp3) is 0.450. The Morgan fingerprint density at radius 1 is 0.511 bits per heavy atom. The first-order chi connectivity index (χ1) is 22.4. The first-order valence-electron chi connectivity index (χ1n) is 17.3. The summed E-state index contributed by atoms with van der Waals surface area (Å²) in [6, 6.07) is 16.7. The van der Waals surface area contributed by atoms with Gasteiger partial charge >= 0.3 is 16.5 Å². The van der Waals surface area contributed by atoms with Gasteiger partial charge in [-0.1, -0.05) is 139 Å². The molecular weight excluding hydrogens is 631 g/mol. The summed E-state index contributed by atoms with van der Waals surface area (Å²) < 4.78 is 0. The predicted octanol–water partition coefficient (Wildman–Crippen LogP) is 9.57. The maximum Gasteiger partial charge on any atom is 2.00 e. The van der Waals surface area contributed by atoms with E-state index in [9.17, 15) is 20.4 Å². The topological polar surface area (TPSA) is 111 Å². The number of phenols is 2. The summed E-state index contributed by atoms with van der Waals surface area (Å²) in [5, 5.41) is 46.5. The number of fused-ring (bicyclic) bond motifs is 2. The molecule has 0 aliphatic carbocycles. The van der Waals surface area contributed by atoms with Crippen molar-refractivity contribution < 1.29 is 36.9 Å². The van der Waals surface area contributed by atoms with Crippen LogP contribution in [-0.2, 0) is 16.5 Å². The summed E-state index contributed by atoms with van der Waals surface area (Å²) in [7, 11) is 0. The molecule has 0 bridgehead atoms. The zero-order chi connectivity index (χ0) is 33.0. The van der Waals surface area contributed by atoms with Crippen LogP contribution in [0.5, 0.6) is 23.0 Å². The molecule has 47 heavy (non-hydrogen) atoms. The predicted molar refractivity (Wildman–Crippen MR) is 191 cm³/mol. The normalized spacial score (nSPS) is 11.3. The molecule has 4 aromatic carbocycles. The van der Waals surface area contributed by atoms with Gasteiger partial charge in [0.25, 0.3) is 0 Å². The van der Waals surface area contributed by atoms with Crippen molar-refractivity contribution in [3.63, 3.8) is 0 Å². The minimum Gasteiger partial charge on any atom is -0.872 e. The van der Waals surface area contributed by atoms with Crippen LogP contribution in [-0.4, -0.2) is 35.7 Å². The van der Waals surface area contributed by atoms with E-state index in [0.29, 0.717) is 11.1 Å². The summed E-state index contributed by atoms with van der Waals surface area (Å²) in [6.07, 6.45) is 21.0. The summed E-state index contributed by atoms with van der Waals surface area (Å²) in [5.41, 5.74) is 1.23. The Hall–Kier alpha value is -3.57. The van der Waals surface area contributed by atoms with E-state index in [1.54, 1.807) is 61.0 Å². The smallest absolute Gasteiger partial charge is 0.872 e. The van der Waals surface area contributed by atoms with Gasteiger partial charge in [-0.15, -0.1) is 0 Å². The number of hydrogen-bond donors (Lipinski definition) is 2. The van der Waals surface area contributed by atoms with Gasteiger partial charge in [0, 0.05) is 25.5 Å².